The van der Waals surface area contributed by atoms with Crippen molar-refractivity contribution in [3.05, 3.63) is 76.9 Å². The molecule has 0 amide bonds. The van der Waals surface area contributed by atoms with Gasteiger partial charge in [-0.3, -0.25) is 10.5 Å². The van der Waals surface area contributed by atoms with Crippen LogP contribution in [0.1, 0.15) is 23.7 Å². The van der Waals surface area contributed by atoms with Crippen molar-refractivity contribution in [2.45, 2.75) is 26.3 Å². The molecular weight excluding hydrogens is 388 g/mol. The number of fused-ring (bicyclic) bond motifs is 1. The molecule has 5 N–H and O–H groups in total. The Morgan fingerprint density at radius 3 is 2.81 bits per heavy atom. The third kappa shape index (κ3) is 3.87. The summed E-state index contributed by atoms with van der Waals surface area (Å²) in [6.07, 6.45) is 0.703. The fraction of sp³-hybridized carbons (Fsp3) is 0.304. The van der Waals surface area contributed by atoms with Crippen LogP contribution in [0.4, 0.5) is 0 Å². The quantitative estimate of drug-likeness (QED) is 0.486. The van der Waals surface area contributed by atoms with E-state index in [2.05, 4.69) is 63.1 Å². The summed E-state index contributed by atoms with van der Waals surface area (Å²) in [7, 11) is 0. The average molecular weight is 417 g/mol. The van der Waals surface area contributed by atoms with Gasteiger partial charge in [-0.15, -0.1) is 0 Å². The molecule has 3 heterocycles. The molecule has 0 saturated carbocycles. The Morgan fingerprint density at radius 1 is 1.16 bits per heavy atom. The van der Waals surface area contributed by atoms with Gasteiger partial charge in [0.15, 0.2) is 11.7 Å². The van der Waals surface area contributed by atoms with Gasteiger partial charge < -0.3 is 10.2 Å². The van der Waals surface area contributed by atoms with Gasteiger partial charge in [-0.2, -0.15) is 5.10 Å². The third-order valence-electron chi connectivity index (χ3n) is 5.90. The Bertz CT molecular complexity index is 1150. The second-order valence-corrected chi connectivity index (χ2v) is 8.25. The number of nitrogens with one attached hydrogen (secondary N) is 3. The second-order valence-electron chi connectivity index (χ2n) is 8.25. The predicted octanol–water partition coefficient (Wildman–Crippen LogP) is 2.02. The highest BCUT2D eigenvalue weighted by Gasteiger charge is 2.27. The van der Waals surface area contributed by atoms with Crippen molar-refractivity contribution in [3.8, 4) is 0 Å². The predicted molar refractivity (Wildman–Crippen MR) is 123 cm³/mol. The fourth-order valence-corrected chi connectivity index (χ4v) is 4.24. The summed E-state index contributed by atoms with van der Waals surface area (Å²) in [5.41, 5.74) is 8.41. The van der Waals surface area contributed by atoms with Crippen LogP contribution in [0, 0.1) is 6.92 Å². The van der Waals surface area contributed by atoms with E-state index >= 15 is 0 Å². The Balaban J connectivity index is 1.58. The lowest BCUT2D eigenvalue weighted by Crippen LogP contribution is -2.54. The number of nitrogens with two attached hydrogens (primary N) is 1. The van der Waals surface area contributed by atoms with Gasteiger partial charge in [0.2, 0.25) is 0 Å². The summed E-state index contributed by atoms with van der Waals surface area (Å²) in [5.74, 6) is 8.20. The monoisotopic (exact) mass is 416 g/mol. The maximum Gasteiger partial charge on any atom is 0.155 e. The van der Waals surface area contributed by atoms with Gasteiger partial charge in [-0.1, -0.05) is 30.3 Å². The lowest BCUT2D eigenvalue weighted by molar-refractivity contribution is 0.221. The van der Waals surface area contributed by atoms with E-state index in [4.69, 9.17) is 10.8 Å². The number of amidine groups is 1. The molecule has 1 atom stereocenters. The van der Waals surface area contributed by atoms with Crippen molar-refractivity contribution < 1.29 is 0 Å². The number of rotatable bonds is 4. The van der Waals surface area contributed by atoms with Crippen molar-refractivity contribution in [1.82, 2.24) is 31.0 Å². The van der Waals surface area contributed by atoms with Crippen molar-refractivity contribution in [1.29, 1.82) is 0 Å². The minimum absolute atomic E-state index is 0.393. The van der Waals surface area contributed by atoms with E-state index in [0.717, 1.165) is 59.1 Å². The number of aromatic nitrogens is 2. The van der Waals surface area contributed by atoms with E-state index < -0.39 is 0 Å². The molecule has 0 aliphatic carbocycles. The maximum absolute atomic E-state index is 6.53. The summed E-state index contributed by atoms with van der Waals surface area (Å²) in [4.78, 5) is 7.43. The topological polar surface area (TPSA) is 97.6 Å². The summed E-state index contributed by atoms with van der Waals surface area (Å²) in [5, 5.41) is 13.6. The van der Waals surface area contributed by atoms with E-state index in [1.807, 2.05) is 25.1 Å². The van der Waals surface area contributed by atoms with Gasteiger partial charge in [0, 0.05) is 43.0 Å². The molecule has 0 spiro atoms. The number of hydrogen-bond acceptors (Lipinski definition) is 7. The molecule has 2 aromatic carbocycles. The number of aryl methyl sites for hydroxylation is 1. The highest BCUT2D eigenvalue weighted by atomic mass is 15.7. The molecule has 160 valence electrons. The minimum Gasteiger partial charge on any atom is -0.352 e. The van der Waals surface area contributed by atoms with Crippen molar-refractivity contribution >= 4 is 16.7 Å². The summed E-state index contributed by atoms with van der Waals surface area (Å²) < 4.78 is 0. The average Bonchev–Trinajstić information content (AvgIpc) is 3.16. The number of allylic oxidation sites excluding steroid dienone is 1. The zero-order chi connectivity index (χ0) is 21.4. The number of benzene rings is 2. The third-order valence-corrected chi connectivity index (χ3v) is 5.90. The molecule has 2 aliphatic rings. The van der Waals surface area contributed by atoms with Crippen molar-refractivity contribution in [2.24, 2.45) is 10.8 Å². The zero-order valence-corrected chi connectivity index (χ0v) is 17.9. The van der Waals surface area contributed by atoms with Crippen LogP contribution < -0.4 is 16.6 Å². The normalized spacial score (nSPS) is 19.6. The number of H-pyrrole nitrogens is 1. The van der Waals surface area contributed by atoms with Crippen LogP contribution in [0.5, 0.6) is 0 Å². The largest absolute Gasteiger partial charge is 0.352 e. The van der Waals surface area contributed by atoms with Gasteiger partial charge in [0.25, 0.3) is 0 Å². The molecule has 2 aliphatic heterocycles. The smallest absolute Gasteiger partial charge is 0.155 e. The van der Waals surface area contributed by atoms with Crippen molar-refractivity contribution in [3.63, 3.8) is 0 Å². The first kappa shape index (κ1) is 19.6. The molecule has 1 aromatic heterocycles. The van der Waals surface area contributed by atoms with Crippen molar-refractivity contribution in [2.75, 3.05) is 19.6 Å². The molecule has 0 unspecified atom stereocenters. The van der Waals surface area contributed by atoms with E-state index in [1.165, 1.54) is 5.56 Å². The molecule has 3 aromatic rings. The molecule has 31 heavy (non-hydrogen) atoms. The van der Waals surface area contributed by atoms with Crippen LogP contribution in [-0.4, -0.2) is 51.7 Å². The number of aromatic amines is 1. The van der Waals surface area contributed by atoms with E-state index in [1.54, 1.807) is 5.12 Å². The van der Waals surface area contributed by atoms with E-state index in [-0.39, 0.29) is 0 Å². The van der Waals surface area contributed by atoms with Crippen LogP contribution in [-0.2, 0) is 6.42 Å². The van der Waals surface area contributed by atoms with Crippen LogP contribution in [0.2, 0.25) is 0 Å². The van der Waals surface area contributed by atoms with Crippen LogP contribution in [0.25, 0.3) is 10.9 Å². The molecule has 0 bridgehead atoms. The van der Waals surface area contributed by atoms with Gasteiger partial charge in [0.1, 0.15) is 0 Å². The summed E-state index contributed by atoms with van der Waals surface area (Å²) in [6, 6.07) is 16.9. The number of aliphatic imine (C=N–C) groups is 1. The number of hydrogen-bond donors (Lipinski definition) is 4. The molecule has 8 heteroatoms. The highest BCUT2D eigenvalue weighted by molar-refractivity contribution is 6.02. The molecule has 5 rings (SSSR count). The van der Waals surface area contributed by atoms with Gasteiger partial charge in [-0.05, 0) is 37.6 Å². The molecule has 1 saturated heterocycles. The summed E-state index contributed by atoms with van der Waals surface area (Å²) in [6.45, 7) is 6.90. The summed E-state index contributed by atoms with van der Waals surface area (Å²) >= 11 is 0. The molecular formula is C23H28N8. The Labute approximate surface area is 181 Å². The minimum atomic E-state index is 0.393. The first-order valence-corrected chi connectivity index (χ1v) is 10.7. The Hall–Kier alpha value is -3.36. The number of hydrazine groups is 2. The zero-order valence-electron chi connectivity index (χ0n) is 17.9. The van der Waals surface area contributed by atoms with Crippen LogP contribution in [0.3, 0.4) is 0 Å². The van der Waals surface area contributed by atoms with Gasteiger partial charge >= 0.3 is 0 Å². The molecule has 1 fully saturated rings. The Morgan fingerprint density at radius 2 is 2.00 bits per heavy atom. The Kier molecular flexibility index (Phi) is 5.09. The van der Waals surface area contributed by atoms with Crippen LogP contribution in [0.15, 0.2) is 65.0 Å². The van der Waals surface area contributed by atoms with E-state index in [9.17, 15) is 0 Å². The van der Waals surface area contributed by atoms with Gasteiger partial charge in [-0.25, -0.2) is 16.0 Å². The lowest BCUT2D eigenvalue weighted by Gasteiger charge is -2.38. The van der Waals surface area contributed by atoms with Crippen LogP contribution >= 0.6 is 0 Å². The second kappa shape index (κ2) is 8.05. The first-order chi connectivity index (χ1) is 15.1. The SMILES string of the molecule is Cc1n[nH]c2ccc(C3=NC(N4CCN[C@@H](C)C4)=C(Cc4ccccc4)N(N)N3)cc12. The number of piperazine rings is 1. The molecule has 8 nitrogen and oxygen atoms in total. The lowest BCUT2D eigenvalue weighted by atomic mass is 10.1. The highest BCUT2D eigenvalue weighted by Crippen LogP contribution is 2.25. The van der Waals surface area contributed by atoms with Gasteiger partial charge in [0.05, 0.1) is 16.9 Å². The standard InChI is InChI=1S/C23H28N8/c1-15-14-30(11-10-25-15)23-21(12-17-6-4-3-5-7-17)31(24)29-22(26-23)18-8-9-20-19(13-18)16(2)27-28-20/h3-9,13,15,25H,10-12,14,24H2,1-2H3,(H,26,29)(H,27,28)/t15-/m0/s1. The first-order valence-electron chi connectivity index (χ1n) is 10.7. The molecule has 0 radical (unpaired) electrons. The number of nitrogens with zero attached hydrogens (tertiary/aromatic N) is 4. The van der Waals surface area contributed by atoms with E-state index in [0.29, 0.717) is 12.5 Å². The fourth-order valence-electron chi connectivity index (χ4n) is 4.24. The maximum atomic E-state index is 6.53.